The van der Waals surface area contributed by atoms with E-state index in [-0.39, 0.29) is 6.09 Å². The van der Waals surface area contributed by atoms with Crippen LogP contribution in [0.1, 0.15) is 32.8 Å². The highest BCUT2D eigenvalue weighted by molar-refractivity contribution is 6.34. The molecule has 2 aromatic rings. The predicted molar refractivity (Wildman–Crippen MR) is 98.7 cm³/mol. The molecule has 8 heteroatoms. The zero-order valence-electron chi connectivity index (χ0n) is 15.5. The van der Waals surface area contributed by atoms with Gasteiger partial charge < -0.3 is 19.5 Å². The Kier molecular flexibility index (Phi) is 6.24. The Bertz CT molecular complexity index is 725. The summed E-state index contributed by atoms with van der Waals surface area (Å²) >= 11 is 6.17. The van der Waals surface area contributed by atoms with Crippen LogP contribution in [0.3, 0.4) is 0 Å². The van der Waals surface area contributed by atoms with E-state index in [9.17, 15) is 4.79 Å². The van der Waals surface area contributed by atoms with Gasteiger partial charge in [-0.3, -0.25) is 0 Å². The number of fused-ring (bicyclic) bond motifs is 1. The molecule has 0 fully saturated rings. The number of aromatic nitrogens is 3. The maximum absolute atomic E-state index is 11.9. The largest absolute Gasteiger partial charge is 0.444 e. The van der Waals surface area contributed by atoms with Gasteiger partial charge in [0.25, 0.3) is 0 Å². The van der Waals surface area contributed by atoms with Crippen LogP contribution >= 0.6 is 11.6 Å². The fourth-order valence-corrected chi connectivity index (χ4v) is 2.74. The first-order valence-corrected chi connectivity index (χ1v) is 8.64. The number of rotatable bonds is 6. The quantitative estimate of drug-likeness (QED) is 0.793. The normalized spacial score (nSPS) is 12.0. The molecule has 1 N–H and O–H groups in total. The van der Waals surface area contributed by atoms with Gasteiger partial charge in [0.1, 0.15) is 22.7 Å². The highest BCUT2D eigenvalue weighted by atomic mass is 35.5. The predicted octanol–water partition coefficient (Wildman–Crippen LogP) is 3.30. The molecule has 0 spiro atoms. The van der Waals surface area contributed by atoms with E-state index in [0.29, 0.717) is 11.7 Å². The van der Waals surface area contributed by atoms with Crippen molar-refractivity contribution in [3.63, 3.8) is 0 Å². The van der Waals surface area contributed by atoms with Crippen molar-refractivity contribution in [1.29, 1.82) is 0 Å². The number of aromatic amines is 1. The topological polar surface area (TPSA) is 74.3 Å². The van der Waals surface area contributed by atoms with E-state index in [2.05, 4.69) is 19.9 Å². The van der Waals surface area contributed by atoms with E-state index in [0.717, 1.165) is 36.1 Å². The van der Waals surface area contributed by atoms with Gasteiger partial charge in [0, 0.05) is 26.3 Å². The van der Waals surface area contributed by atoms with E-state index in [1.54, 1.807) is 11.9 Å². The summed E-state index contributed by atoms with van der Waals surface area (Å²) in [5.41, 5.74) is 1.33. The molecule has 2 heterocycles. The number of H-pyrrole nitrogens is 1. The molecule has 0 saturated carbocycles. The van der Waals surface area contributed by atoms with Crippen LogP contribution in [0.4, 0.5) is 4.79 Å². The highest BCUT2D eigenvalue weighted by Gasteiger charge is 2.19. The molecule has 0 atom stereocenters. The number of carbonyl (C=O) groups excluding carboxylic acids is 1. The molecular formula is C17H26ClN5O2. The fourth-order valence-electron chi connectivity index (χ4n) is 2.49. The molecule has 2 rings (SSSR count). The monoisotopic (exact) mass is 367 g/mol. The van der Waals surface area contributed by atoms with Crippen molar-refractivity contribution in [2.75, 3.05) is 27.2 Å². The molecule has 0 aliphatic heterocycles. The van der Waals surface area contributed by atoms with Crippen molar-refractivity contribution in [3.05, 3.63) is 23.2 Å². The summed E-state index contributed by atoms with van der Waals surface area (Å²) in [4.78, 5) is 27.0. The minimum Gasteiger partial charge on any atom is -0.444 e. The van der Waals surface area contributed by atoms with Gasteiger partial charge in [0.05, 0.1) is 5.39 Å². The maximum Gasteiger partial charge on any atom is 0.410 e. The average molecular weight is 368 g/mol. The third kappa shape index (κ3) is 5.57. The molecular weight excluding hydrogens is 342 g/mol. The molecule has 0 unspecified atom stereocenters. The van der Waals surface area contributed by atoms with Gasteiger partial charge in [0.2, 0.25) is 0 Å². The fraction of sp³-hybridized carbons (Fsp3) is 0.588. The Morgan fingerprint density at radius 1 is 1.28 bits per heavy atom. The lowest BCUT2D eigenvalue weighted by molar-refractivity contribution is 0.0293. The smallest absolute Gasteiger partial charge is 0.410 e. The van der Waals surface area contributed by atoms with Crippen LogP contribution in [0.15, 0.2) is 12.5 Å². The standard InChI is InChI=1S/C17H26ClN5O2/c1-17(2,3)25-16(24)23(5)8-6-7-22(4)10-12-9-19-15-13(12)14(18)20-11-21-15/h9,11H,6-8,10H2,1-5H3,(H,19,20,21). The van der Waals surface area contributed by atoms with Crippen LogP contribution in [-0.2, 0) is 11.3 Å². The van der Waals surface area contributed by atoms with Crippen LogP contribution in [-0.4, -0.2) is 63.6 Å². The van der Waals surface area contributed by atoms with Crippen LogP contribution < -0.4 is 0 Å². The van der Waals surface area contributed by atoms with Gasteiger partial charge >= 0.3 is 6.09 Å². The zero-order valence-corrected chi connectivity index (χ0v) is 16.2. The van der Waals surface area contributed by atoms with Gasteiger partial charge in [-0.05, 0) is 46.3 Å². The molecule has 25 heavy (non-hydrogen) atoms. The van der Waals surface area contributed by atoms with Crippen LogP contribution in [0.5, 0.6) is 0 Å². The van der Waals surface area contributed by atoms with Gasteiger partial charge in [-0.1, -0.05) is 11.6 Å². The highest BCUT2D eigenvalue weighted by Crippen LogP contribution is 2.23. The zero-order chi connectivity index (χ0) is 18.6. The molecule has 2 aromatic heterocycles. The Balaban J connectivity index is 1.82. The first-order chi connectivity index (χ1) is 11.7. The molecule has 1 amide bonds. The number of nitrogens with zero attached hydrogens (tertiary/aromatic N) is 4. The van der Waals surface area contributed by atoms with Gasteiger partial charge in [-0.2, -0.15) is 0 Å². The van der Waals surface area contributed by atoms with Gasteiger partial charge in [-0.15, -0.1) is 0 Å². The van der Waals surface area contributed by atoms with E-state index < -0.39 is 5.60 Å². The van der Waals surface area contributed by atoms with Crippen LogP contribution in [0.2, 0.25) is 5.15 Å². The Morgan fingerprint density at radius 3 is 2.68 bits per heavy atom. The van der Waals surface area contributed by atoms with E-state index in [1.165, 1.54) is 6.33 Å². The Hall–Kier alpha value is -1.86. The second-order valence-corrected chi connectivity index (χ2v) is 7.55. The number of hydrogen-bond donors (Lipinski definition) is 1. The van der Waals surface area contributed by atoms with E-state index in [1.807, 2.05) is 34.0 Å². The van der Waals surface area contributed by atoms with E-state index >= 15 is 0 Å². The number of halogens is 1. The summed E-state index contributed by atoms with van der Waals surface area (Å²) in [7, 11) is 3.79. The summed E-state index contributed by atoms with van der Waals surface area (Å²) in [5.74, 6) is 0. The summed E-state index contributed by atoms with van der Waals surface area (Å²) in [6.45, 7) is 7.79. The first kappa shape index (κ1) is 19.5. The third-order valence-corrected chi connectivity index (χ3v) is 3.97. The molecule has 0 aromatic carbocycles. The Morgan fingerprint density at radius 2 is 2.00 bits per heavy atom. The summed E-state index contributed by atoms with van der Waals surface area (Å²) in [6, 6.07) is 0. The Labute approximate surface area is 153 Å². The molecule has 138 valence electrons. The van der Waals surface area contributed by atoms with Gasteiger partial charge in [0.15, 0.2) is 0 Å². The number of amides is 1. The number of nitrogens with one attached hydrogen (secondary N) is 1. The molecule has 0 saturated heterocycles. The van der Waals surface area contributed by atoms with Crippen molar-refractivity contribution in [2.24, 2.45) is 0 Å². The lowest BCUT2D eigenvalue weighted by Crippen LogP contribution is -2.35. The lowest BCUT2D eigenvalue weighted by atomic mass is 10.2. The number of ether oxygens (including phenoxy) is 1. The SMILES string of the molecule is CN(CCCN(C)C(=O)OC(C)(C)C)Cc1c[nH]c2ncnc(Cl)c12. The number of hydrogen-bond acceptors (Lipinski definition) is 5. The maximum atomic E-state index is 11.9. The van der Waals surface area contributed by atoms with Crippen molar-refractivity contribution < 1.29 is 9.53 Å². The molecule has 0 aliphatic carbocycles. The van der Waals surface area contributed by atoms with Gasteiger partial charge in [-0.25, -0.2) is 14.8 Å². The summed E-state index contributed by atoms with van der Waals surface area (Å²) < 4.78 is 5.34. The number of carbonyl (C=O) groups is 1. The minimum absolute atomic E-state index is 0.296. The average Bonchev–Trinajstić information content (AvgIpc) is 2.89. The second kappa shape index (κ2) is 8.01. The minimum atomic E-state index is -0.473. The van der Waals surface area contributed by atoms with Crippen molar-refractivity contribution in [3.8, 4) is 0 Å². The molecule has 7 nitrogen and oxygen atoms in total. The van der Waals surface area contributed by atoms with E-state index in [4.69, 9.17) is 16.3 Å². The molecule has 0 bridgehead atoms. The van der Waals surface area contributed by atoms with Crippen molar-refractivity contribution in [2.45, 2.75) is 39.3 Å². The van der Waals surface area contributed by atoms with Crippen LogP contribution in [0, 0.1) is 0 Å². The van der Waals surface area contributed by atoms with Crippen molar-refractivity contribution >= 4 is 28.7 Å². The molecule has 0 radical (unpaired) electrons. The lowest BCUT2D eigenvalue weighted by Gasteiger charge is -2.25. The van der Waals surface area contributed by atoms with Crippen molar-refractivity contribution in [1.82, 2.24) is 24.8 Å². The van der Waals surface area contributed by atoms with Crippen LogP contribution in [0.25, 0.3) is 11.0 Å². The third-order valence-electron chi connectivity index (χ3n) is 3.68. The second-order valence-electron chi connectivity index (χ2n) is 7.20. The molecule has 0 aliphatic rings. The summed E-state index contributed by atoms with van der Waals surface area (Å²) in [5, 5.41) is 1.32. The summed E-state index contributed by atoms with van der Waals surface area (Å²) in [6.07, 6.45) is 3.91. The first-order valence-electron chi connectivity index (χ1n) is 8.26.